The van der Waals surface area contributed by atoms with Crippen molar-refractivity contribution in [2.75, 3.05) is 19.5 Å². The highest BCUT2D eigenvalue weighted by molar-refractivity contribution is 5.93. The summed E-state index contributed by atoms with van der Waals surface area (Å²) in [5.74, 6) is -0.106. The fourth-order valence-electron chi connectivity index (χ4n) is 3.61. The van der Waals surface area contributed by atoms with Crippen molar-refractivity contribution < 1.29 is 38.8 Å². The highest BCUT2D eigenvalue weighted by Crippen LogP contribution is 2.33. The van der Waals surface area contributed by atoms with E-state index in [1.807, 2.05) is 44.3 Å². The van der Waals surface area contributed by atoms with Crippen LogP contribution in [0, 0.1) is 6.92 Å². The van der Waals surface area contributed by atoms with Crippen molar-refractivity contribution in [1.82, 2.24) is 14.8 Å². The zero-order chi connectivity index (χ0) is 29.2. The van der Waals surface area contributed by atoms with E-state index in [1.165, 1.54) is 0 Å². The number of fused-ring (bicyclic) bond motifs is 1. The first kappa shape index (κ1) is 29.2. The Balaban J connectivity index is 0.000000482. The molecule has 3 N–H and O–H groups in total. The smallest absolute Gasteiger partial charge is 0.328 e. The van der Waals surface area contributed by atoms with Gasteiger partial charge in [0.1, 0.15) is 23.0 Å². The van der Waals surface area contributed by atoms with E-state index in [0.29, 0.717) is 35.1 Å². The number of aryl methyl sites for hydroxylation is 2. The second-order valence-electron chi connectivity index (χ2n) is 8.30. The zero-order valence-corrected chi connectivity index (χ0v) is 22.2. The molecule has 4 rings (SSSR count). The number of carboxylic acids is 2. The van der Waals surface area contributed by atoms with Crippen LogP contribution in [-0.4, -0.2) is 57.0 Å². The number of ether oxygens (including phenoxy) is 3. The van der Waals surface area contributed by atoms with E-state index in [-0.39, 0.29) is 12.3 Å². The summed E-state index contributed by atoms with van der Waals surface area (Å²) in [6, 6.07) is 12.9. The third-order valence-corrected chi connectivity index (χ3v) is 5.40. The van der Waals surface area contributed by atoms with Gasteiger partial charge in [-0.05, 0) is 31.2 Å². The van der Waals surface area contributed by atoms with E-state index in [2.05, 4.69) is 15.4 Å². The number of carbonyl (C=O) groups is 3. The number of methoxy groups -OCH3 is 2. The maximum absolute atomic E-state index is 12.5. The number of nitrogens with one attached hydrogen (secondary N) is 1. The van der Waals surface area contributed by atoms with Crippen LogP contribution in [0.3, 0.4) is 0 Å². The number of hydrogen-bond donors (Lipinski definition) is 3. The first-order chi connectivity index (χ1) is 19.1. The Morgan fingerprint density at radius 1 is 0.950 bits per heavy atom. The third kappa shape index (κ3) is 8.05. The van der Waals surface area contributed by atoms with Gasteiger partial charge in [-0.25, -0.2) is 9.59 Å². The summed E-state index contributed by atoms with van der Waals surface area (Å²) in [5.41, 5.74) is 2.98. The molecule has 0 spiro atoms. The molecule has 0 atom stereocenters. The molecule has 2 aromatic carbocycles. The number of carbonyl (C=O) groups excluding carboxylic acids is 1. The van der Waals surface area contributed by atoms with Gasteiger partial charge < -0.3 is 29.7 Å². The topological polar surface area (TPSA) is 162 Å². The molecular weight excluding hydrogens is 520 g/mol. The first-order valence-corrected chi connectivity index (χ1v) is 11.8. The lowest BCUT2D eigenvalue weighted by atomic mass is 10.1. The van der Waals surface area contributed by atoms with Gasteiger partial charge in [-0.1, -0.05) is 6.07 Å². The molecule has 1 amide bonds. The number of aliphatic carboxylic acids is 2. The average Bonchev–Trinajstić information content (AvgIpc) is 3.24. The number of rotatable bonds is 9. The third-order valence-electron chi connectivity index (χ3n) is 5.40. The predicted octanol–water partition coefficient (Wildman–Crippen LogP) is 3.98. The van der Waals surface area contributed by atoms with Crippen molar-refractivity contribution in [3.63, 3.8) is 0 Å². The Morgan fingerprint density at radius 3 is 2.25 bits per heavy atom. The summed E-state index contributed by atoms with van der Waals surface area (Å²) in [7, 11) is 5.00. The molecule has 4 aromatic rings. The summed E-state index contributed by atoms with van der Waals surface area (Å²) in [6.07, 6.45) is 4.74. The lowest BCUT2D eigenvalue weighted by Gasteiger charge is -2.13. The predicted molar refractivity (Wildman–Crippen MR) is 146 cm³/mol. The van der Waals surface area contributed by atoms with Crippen LogP contribution in [0.1, 0.15) is 11.3 Å². The fraction of sp³-hybridized carbons (Fsp3) is 0.179. The van der Waals surface area contributed by atoms with Crippen LogP contribution < -0.4 is 19.5 Å². The van der Waals surface area contributed by atoms with E-state index in [9.17, 15) is 14.4 Å². The van der Waals surface area contributed by atoms with Gasteiger partial charge in [-0.15, -0.1) is 0 Å². The molecule has 2 aromatic heterocycles. The molecule has 0 bridgehead atoms. The Labute approximate surface area is 229 Å². The molecule has 12 heteroatoms. The van der Waals surface area contributed by atoms with Crippen molar-refractivity contribution in [2.45, 2.75) is 13.3 Å². The molecule has 0 fully saturated rings. The van der Waals surface area contributed by atoms with Gasteiger partial charge in [0, 0.05) is 54.7 Å². The molecule has 0 aliphatic rings. The molecule has 2 heterocycles. The molecular formula is C28H28N4O8. The molecule has 0 aliphatic heterocycles. The summed E-state index contributed by atoms with van der Waals surface area (Å²) in [6.45, 7) is 1.85. The first-order valence-electron chi connectivity index (χ1n) is 11.8. The van der Waals surface area contributed by atoms with Gasteiger partial charge in [0.25, 0.3) is 0 Å². The monoisotopic (exact) mass is 548 g/mol. The van der Waals surface area contributed by atoms with Crippen LogP contribution in [0.2, 0.25) is 0 Å². The van der Waals surface area contributed by atoms with Crippen LogP contribution in [0.4, 0.5) is 5.69 Å². The Kier molecular flexibility index (Phi) is 9.79. The van der Waals surface area contributed by atoms with Crippen LogP contribution in [0.25, 0.3) is 10.9 Å². The maximum atomic E-state index is 12.5. The minimum absolute atomic E-state index is 0.151. The molecule has 0 radical (unpaired) electrons. The average molecular weight is 549 g/mol. The summed E-state index contributed by atoms with van der Waals surface area (Å²) >= 11 is 0. The zero-order valence-electron chi connectivity index (χ0n) is 22.2. The maximum Gasteiger partial charge on any atom is 0.328 e. The normalized spacial score (nSPS) is 10.5. The fourth-order valence-corrected chi connectivity index (χ4v) is 3.61. The van der Waals surface area contributed by atoms with E-state index in [0.717, 1.165) is 27.9 Å². The van der Waals surface area contributed by atoms with Gasteiger partial charge >= 0.3 is 11.9 Å². The Bertz CT molecular complexity index is 1550. The van der Waals surface area contributed by atoms with Crippen molar-refractivity contribution in [3.05, 3.63) is 78.3 Å². The van der Waals surface area contributed by atoms with E-state index < -0.39 is 11.9 Å². The van der Waals surface area contributed by atoms with E-state index in [1.54, 1.807) is 43.4 Å². The minimum atomic E-state index is -1.26. The lowest BCUT2D eigenvalue weighted by Crippen LogP contribution is -2.15. The molecule has 40 heavy (non-hydrogen) atoms. The van der Waals surface area contributed by atoms with Gasteiger partial charge in [-0.2, -0.15) is 5.10 Å². The second-order valence-corrected chi connectivity index (χ2v) is 8.30. The van der Waals surface area contributed by atoms with Crippen LogP contribution in [0.5, 0.6) is 23.0 Å². The lowest BCUT2D eigenvalue weighted by molar-refractivity contribution is -0.134. The molecule has 12 nitrogen and oxygen atoms in total. The number of carboxylic acid groups (broad SMARTS) is 2. The number of nitrogens with zero attached hydrogens (tertiary/aromatic N) is 3. The van der Waals surface area contributed by atoms with Crippen LogP contribution in [-0.2, 0) is 27.9 Å². The second kappa shape index (κ2) is 13.4. The van der Waals surface area contributed by atoms with Crippen molar-refractivity contribution >= 4 is 34.4 Å². The van der Waals surface area contributed by atoms with Crippen molar-refractivity contribution in [1.29, 1.82) is 0 Å². The standard InChI is InChI=1S/C24H24N4O4.C4H4O4/c1-15-21(14-28(2)27-15)26-24(29)11-16-5-6-18(13-23(16)31-4)32-22-9-10-25-20-12-17(30-3)7-8-19(20)22;5-3(6)1-2-4(7)8/h5-10,12-14H,11H2,1-4H3,(H,26,29);1-2H,(H,5,6)(H,7,8). The van der Waals surface area contributed by atoms with Crippen molar-refractivity contribution in [3.8, 4) is 23.0 Å². The molecule has 0 unspecified atom stereocenters. The molecule has 208 valence electrons. The van der Waals surface area contributed by atoms with Crippen LogP contribution >= 0.6 is 0 Å². The van der Waals surface area contributed by atoms with Gasteiger partial charge in [0.2, 0.25) is 5.91 Å². The largest absolute Gasteiger partial charge is 0.497 e. The van der Waals surface area contributed by atoms with Crippen molar-refractivity contribution in [2.24, 2.45) is 7.05 Å². The van der Waals surface area contributed by atoms with E-state index in [4.69, 9.17) is 24.4 Å². The number of pyridine rings is 1. The number of amides is 1. The summed E-state index contributed by atoms with van der Waals surface area (Å²) in [5, 5.41) is 23.6. The SMILES string of the molecule is COc1ccc2c(Oc3ccc(CC(=O)Nc4cn(C)nc4C)c(OC)c3)ccnc2c1.O=C(O)C=CC(=O)O. The number of aromatic nitrogens is 3. The number of hydrogen-bond acceptors (Lipinski definition) is 8. The quantitative estimate of drug-likeness (QED) is 0.261. The van der Waals surface area contributed by atoms with Gasteiger partial charge in [-0.3, -0.25) is 14.5 Å². The number of benzene rings is 2. The highest BCUT2D eigenvalue weighted by atomic mass is 16.5. The summed E-state index contributed by atoms with van der Waals surface area (Å²) < 4.78 is 18.6. The Morgan fingerprint density at radius 2 is 1.65 bits per heavy atom. The Hall–Kier alpha value is -5.39. The van der Waals surface area contributed by atoms with E-state index >= 15 is 0 Å². The van der Waals surface area contributed by atoms with Gasteiger partial charge in [0.05, 0.1) is 37.5 Å². The number of anilines is 1. The minimum Gasteiger partial charge on any atom is -0.497 e. The highest BCUT2D eigenvalue weighted by Gasteiger charge is 2.14. The molecule has 0 saturated carbocycles. The summed E-state index contributed by atoms with van der Waals surface area (Å²) in [4.78, 5) is 36.0. The van der Waals surface area contributed by atoms with Crippen LogP contribution in [0.15, 0.2) is 67.0 Å². The molecule has 0 aliphatic carbocycles. The van der Waals surface area contributed by atoms with Gasteiger partial charge in [0.15, 0.2) is 0 Å². The molecule has 0 saturated heterocycles.